The zero-order valence-corrected chi connectivity index (χ0v) is 10.1. The smallest absolute Gasteiger partial charge is 0.297 e. The molecule has 0 bridgehead atoms. The number of amides is 1. The summed E-state index contributed by atoms with van der Waals surface area (Å²) in [5.41, 5.74) is 0. The van der Waals surface area contributed by atoms with Gasteiger partial charge in [0.25, 0.3) is 11.7 Å². The molecule has 1 unspecified atom stereocenters. The second-order valence-corrected chi connectivity index (χ2v) is 4.63. The Hall–Kier alpha value is -1.87. The van der Waals surface area contributed by atoms with Crippen LogP contribution in [0.4, 0.5) is 5.00 Å². The van der Waals surface area contributed by atoms with Gasteiger partial charge in [0.05, 0.1) is 12.2 Å². The van der Waals surface area contributed by atoms with Crippen LogP contribution < -0.4 is 10.6 Å². The summed E-state index contributed by atoms with van der Waals surface area (Å²) in [5.74, 6) is 0.0567. The highest BCUT2D eigenvalue weighted by Crippen LogP contribution is 2.21. The van der Waals surface area contributed by atoms with Crippen LogP contribution in [0.25, 0.3) is 0 Å². The van der Waals surface area contributed by atoms with Crippen LogP contribution in [0.5, 0.6) is 0 Å². The van der Waals surface area contributed by atoms with Crippen molar-refractivity contribution in [2.24, 2.45) is 0 Å². The third-order valence-electron chi connectivity index (χ3n) is 2.60. The van der Waals surface area contributed by atoms with E-state index >= 15 is 0 Å². The van der Waals surface area contributed by atoms with Gasteiger partial charge in [0.15, 0.2) is 0 Å². The minimum atomic E-state index is -0.422. The summed E-state index contributed by atoms with van der Waals surface area (Å²) in [6.07, 6.45) is 3.48. The fourth-order valence-electron chi connectivity index (χ4n) is 1.75. The van der Waals surface area contributed by atoms with Crippen molar-refractivity contribution in [3.05, 3.63) is 17.9 Å². The van der Waals surface area contributed by atoms with Crippen molar-refractivity contribution in [2.75, 3.05) is 11.9 Å². The lowest BCUT2D eigenvalue weighted by Crippen LogP contribution is -2.15. The van der Waals surface area contributed by atoms with Gasteiger partial charge in [-0.15, -0.1) is 5.10 Å². The maximum absolute atomic E-state index is 11.8. The minimum Gasteiger partial charge on any atom is -0.337 e. The maximum Gasteiger partial charge on any atom is 0.297 e. The number of nitrogens with one attached hydrogen (secondary N) is 2. The molecule has 18 heavy (non-hydrogen) atoms. The number of hydrogen-bond acceptors (Lipinski definition) is 8. The van der Waals surface area contributed by atoms with Gasteiger partial charge in [-0.25, -0.2) is 0 Å². The van der Waals surface area contributed by atoms with E-state index in [0.717, 1.165) is 30.9 Å². The SMILES string of the molecule is O=C(Nc1cnns1)c1noc(C2CCCN2)n1. The van der Waals surface area contributed by atoms with Gasteiger partial charge in [0.2, 0.25) is 5.89 Å². The van der Waals surface area contributed by atoms with E-state index < -0.39 is 5.91 Å². The van der Waals surface area contributed by atoms with Gasteiger partial charge < -0.3 is 15.2 Å². The molecule has 9 heteroatoms. The van der Waals surface area contributed by atoms with Crippen LogP contribution in [-0.4, -0.2) is 32.2 Å². The molecule has 0 saturated carbocycles. The normalized spacial score (nSPS) is 19.0. The molecule has 0 aliphatic carbocycles. The van der Waals surface area contributed by atoms with Crippen molar-refractivity contribution in [3.63, 3.8) is 0 Å². The lowest BCUT2D eigenvalue weighted by Gasteiger charge is -2.01. The third-order valence-corrected chi connectivity index (χ3v) is 3.18. The van der Waals surface area contributed by atoms with E-state index in [1.807, 2.05) is 0 Å². The Morgan fingerprint density at radius 3 is 3.28 bits per heavy atom. The molecular weight excluding hydrogens is 256 g/mol. The van der Waals surface area contributed by atoms with Crippen molar-refractivity contribution in [2.45, 2.75) is 18.9 Å². The minimum absolute atomic E-state index is 0.0205. The Kier molecular flexibility index (Phi) is 2.99. The molecular formula is C9H10N6O2S. The molecule has 2 aromatic heterocycles. The molecule has 0 spiro atoms. The highest BCUT2D eigenvalue weighted by Gasteiger charge is 2.24. The van der Waals surface area contributed by atoms with E-state index in [1.165, 1.54) is 6.20 Å². The van der Waals surface area contributed by atoms with Crippen molar-refractivity contribution in [1.82, 2.24) is 25.0 Å². The molecule has 1 aliphatic rings. The second kappa shape index (κ2) is 4.78. The predicted octanol–water partition coefficient (Wildman–Crippen LogP) is 0.598. The van der Waals surface area contributed by atoms with Crippen LogP contribution in [0.2, 0.25) is 0 Å². The Balaban J connectivity index is 1.70. The van der Waals surface area contributed by atoms with E-state index in [0.29, 0.717) is 10.9 Å². The molecule has 3 rings (SSSR count). The Morgan fingerprint density at radius 2 is 2.56 bits per heavy atom. The summed E-state index contributed by atoms with van der Waals surface area (Å²) in [6, 6.07) is 0.0594. The molecule has 1 aliphatic heterocycles. The highest BCUT2D eigenvalue weighted by atomic mass is 32.1. The largest absolute Gasteiger partial charge is 0.337 e. The van der Waals surface area contributed by atoms with E-state index in [1.54, 1.807) is 0 Å². The van der Waals surface area contributed by atoms with E-state index in [-0.39, 0.29) is 11.9 Å². The standard InChI is InChI=1S/C9H10N6O2S/c16-8(12-6-4-11-15-18-6)7-13-9(17-14-7)5-2-1-3-10-5/h4-5,10H,1-3H2,(H,12,16). The van der Waals surface area contributed by atoms with Crippen molar-refractivity contribution in [1.29, 1.82) is 0 Å². The Morgan fingerprint density at radius 1 is 1.61 bits per heavy atom. The molecule has 94 valence electrons. The summed E-state index contributed by atoms with van der Waals surface area (Å²) in [6.45, 7) is 0.932. The predicted molar refractivity (Wildman–Crippen MR) is 62.1 cm³/mol. The third kappa shape index (κ3) is 2.22. The zero-order chi connectivity index (χ0) is 12.4. The van der Waals surface area contributed by atoms with Crippen LogP contribution in [0.1, 0.15) is 35.4 Å². The molecule has 2 N–H and O–H groups in total. The van der Waals surface area contributed by atoms with Gasteiger partial charge in [0.1, 0.15) is 5.00 Å². The molecule has 0 radical (unpaired) electrons. The van der Waals surface area contributed by atoms with Crippen LogP contribution in [0.3, 0.4) is 0 Å². The zero-order valence-electron chi connectivity index (χ0n) is 9.29. The molecule has 0 aromatic carbocycles. The van der Waals surface area contributed by atoms with Crippen molar-refractivity contribution >= 4 is 22.4 Å². The highest BCUT2D eigenvalue weighted by molar-refractivity contribution is 7.10. The number of carbonyl (C=O) groups is 1. The number of carbonyl (C=O) groups excluding carboxylic acids is 1. The maximum atomic E-state index is 11.8. The fraction of sp³-hybridized carbons (Fsp3) is 0.444. The first kappa shape index (κ1) is 11.2. The topological polar surface area (TPSA) is 106 Å². The number of aromatic nitrogens is 4. The van der Waals surface area contributed by atoms with Crippen LogP contribution in [0.15, 0.2) is 10.7 Å². The number of rotatable bonds is 3. The Bertz CT molecular complexity index is 533. The molecule has 1 amide bonds. The molecule has 1 saturated heterocycles. The first-order valence-corrected chi connectivity index (χ1v) is 6.26. The molecule has 1 fully saturated rings. The monoisotopic (exact) mass is 266 g/mol. The average molecular weight is 266 g/mol. The number of nitrogens with zero attached hydrogens (tertiary/aromatic N) is 4. The summed E-state index contributed by atoms with van der Waals surface area (Å²) in [5, 5.41) is 13.6. The van der Waals surface area contributed by atoms with E-state index in [4.69, 9.17) is 4.52 Å². The van der Waals surface area contributed by atoms with Gasteiger partial charge in [-0.2, -0.15) is 4.98 Å². The number of anilines is 1. The van der Waals surface area contributed by atoms with Crippen LogP contribution in [-0.2, 0) is 0 Å². The first-order chi connectivity index (χ1) is 8.83. The van der Waals surface area contributed by atoms with Gasteiger partial charge >= 0.3 is 0 Å². The average Bonchev–Trinajstić information content (AvgIpc) is 3.11. The second-order valence-electron chi connectivity index (χ2n) is 3.84. The summed E-state index contributed by atoms with van der Waals surface area (Å²) >= 11 is 1.09. The molecule has 1 atom stereocenters. The lowest BCUT2D eigenvalue weighted by molar-refractivity contribution is 0.101. The van der Waals surface area contributed by atoms with Crippen molar-refractivity contribution < 1.29 is 9.32 Å². The van der Waals surface area contributed by atoms with E-state index in [9.17, 15) is 4.79 Å². The van der Waals surface area contributed by atoms with Gasteiger partial charge in [0, 0.05) is 11.5 Å². The molecule has 3 heterocycles. The summed E-state index contributed by atoms with van der Waals surface area (Å²) in [7, 11) is 0. The fourth-order valence-corrected chi connectivity index (χ4v) is 2.17. The number of hydrogen-bond donors (Lipinski definition) is 2. The van der Waals surface area contributed by atoms with Crippen LogP contribution >= 0.6 is 11.5 Å². The molecule has 8 nitrogen and oxygen atoms in total. The first-order valence-electron chi connectivity index (χ1n) is 5.48. The van der Waals surface area contributed by atoms with Crippen LogP contribution in [0, 0.1) is 0 Å². The van der Waals surface area contributed by atoms with Gasteiger partial charge in [-0.1, -0.05) is 9.64 Å². The van der Waals surface area contributed by atoms with Gasteiger partial charge in [-0.3, -0.25) is 4.79 Å². The van der Waals surface area contributed by atoms with Crippen molar-refractivity contribution in [3.8, 4) is 0 Å². The lowest BCUT2D eigenvalue weighted by atomic mass is 10.2. The summed E-state index contributed by atoms with van der Waals surface area (Å²) < 4.78 is 8.72. The summed E-state index contributed by atoms with van der Waals surface area (Å²) in [4.78, 5) is 15.9. The Labute approximate surface area is 106 Å². The molecule has 2 aromatic rings. The van der Waals surface area contributed by atoms with Gasteiger partial charge in [-0.05, 0) is 19.4 Å². The van der Waals surface area contributed by atoms with E-state index in [2.05, 4.69) is 30.4 Å². The quantitative estimate of drug-likeness (QED) is 0.837.